The predicted molar refractivity (Wildman–Crippen MR) is 103 cm³/mol. The Balaban J connectivity index is 0. The fraction of sp³-hybridized carbons (Fsp3) is 1.00. The summed E-state index contributed by atoms with van der Waals surface area (Å²) in [6, 6.07) is 0. The number of rotatable bonds is 14. The third kappa shape index (κ3) is 11.4. The topological polar surface area (TPSA) is 0 Å². The molecule has 2 heteroatoms. The van der Waals surface area contributed by atoms with E-state index in [9.17, 15) is 0 Å². The average molecular weight is 324 g/mol. The molecule has 0 nitrogen and oxygen atoms in total. The molecular weight excluding hydrogens is 283 g/mol. The van der Waals surface area contributed by atoms with Crippen molar-refractivity contribution in [2.75, 3.05) is 24.6 Å². The quantitative estimate of drug-likeness (QED) is 0.230. The lowest BCUT2D eigenvalue weighted by atomic mass is 10.2. The van der Waals surface area contributed by atoms with Crippen LogP contribution in [-0.4, -0.2) is 24.6 Å². The van der Waals surface area contributed by atoms with Crippen LogP contribution >= 0.6 is 19.7 Å². The zero-order valence-corrected chi connectivity index (χ0v) is 16.5. The minimum absolute atomic E-state index is 0. The summed E-state index contributed by atoms with van der Waals surface area (Å²) >= 11 is 0. The van der Waals surface area contributed by atoms with E-state index in [4.69, 9.17) is 0 Å². The Morgan fingerprint density at radius 1 is 0.450 bits per heavy atom. The first-order chi connectivity index (χ1) is 9.24. The van der Waals surface area contributed by atoms with Crippen LogP contribution in [0, 0.1) is 0 Å². The van der Waals surface area contributed by atoms with Gasteiger partial charge in [0.25, 0.3) is 0 Å². The van der Waals surface area contributed by atoms with E-state index in [1.165, 1.54) is 64.2 Å². The fourth-order valence-electron chi connectivity index (χ4n) is 3.03. The van der Waals surface area contributed by atoms with Gasteiger partial charge in [0.15, 0.2) is 0 Å². The van der Waals surface area contributed by atoms with E-state index in [1.54, 1.807) is 24.6 Å². The smallest absolute Gasteiger partial charge is 0.0594 e. The molecule has 0 amide bonds. The lowest BCUT2D eigenvalue weighted by Crippen LogP contribution is -2.12. The van der Waals surface area contributed by atoms with Gasteiger partial charge in [-0.15, -0.1) is 12.4 Å². The van der Waals surface area contributed by atoms with Crippen LogP contribution in [0.5, 0.6) is 0 Å². The number of hydrogen-bond donors (Lipinski definition) is 0. The average Bonchev–Trinajstić information content (AvgIpc) is 2.44. The van der Waals surface area contributed by atoms with Crippen molar-refractivity contribution in [3.8, 4) is 0 Å². The van der Waals surface area contributed by atoms with E-state index >= 15 is 0 Å². The summed E-state index contributed by atoms with van der Waals surface area (Å²) < 4.78 is 0. The van der Waals surface area contributed by atoms with Crippen LogP contribution in [-0.2, 0) is 0 Å². The van der Waals surface area contributed by atoms with Crippen molar-refractivity contribution in [2.45, 2.75) is 91.9 Å². The molecule has 0 spiro atoms. The molecule has 0 aromatic carbocycles. The lowest BCUT2D eigenvalue weighted by molar-refractivity contribution is 0.699. The highest BCUT2D eigenvalue weighted by molar-refractivity contribution is 7.75. The molecule has 0 unspecified atom stereocenters. The molecule has 0 aromatic heterocycles. The van der Waals surface area contributed by atoms with Gasteiger partial charge in [-0.1, -0.05) is 59.8 Å². The molecule has 0 bridgehead atoms. The predicted octanol–water partition coefficient (Wildman–Crippen LogP) is 7.41. The Kier molecular flexibility index (Phi) is 18.5. The molecule has 0 aliphatic rings. The minimum Gasteiger partial charge on any atom is -0.147 e. The second-order valence-electron chi connectivity index (χ2n) is 6.36. The van der Waals surface area contributed by atoms with E-state index in [1.807, 2.05) is 0 Å². The van der Waals surface area contributed by atoms with Gasteiger partial charge in [0.05, 0.1) is 24.6 Å². The van der Waals surface area contributed by atoms with Crippen LogP contribution in [0.2, 0.25) is 0 Å². The lowest BCUT2D eigenvalue weighted by Gasteiger charge is -2.28. The first-order valence-electron chi connectivity index (χ1n) is 9.09. The van der Waals surface area contributed by atoms with Gasteiger partial charge in [-0.05, 0) is 32.1 Å². The zero-order valence-electron chi connectivity index (χ0n) is 14.8. The number of halogens is 1. The highest BCUT2D eigenvalue weighted by Crippen LogP contribution is 2.61. The second-order valence-corrected chi connectivity index (χ2v) is 10.8. The molecule has 0 aliphatic carbocycles. The maximum absolute atomic E-state index is 2.37. The summed E-state index contributed by atoms with van der Waals surface area (Å²) in [5, 5.41) is 0. The van der Waals surface area contributed by atoms with Crippen LogP contribution < -0.4 is 0 Å². The second kappa shape index (κ2) is 16.1. The summed E-state index contributed by atoms with van der Waals surface area (Å²) in [5.41, 5.74) is 0. The maximum Gasteiger partial charge on any atom is 0.0594 e. The molecule has 0 aromatic rings. The van der Waals surface area contributed by atoms with E-state index in [0.29, 0.717) is 0 Å². The van der Waals surface area contributed by atoms with Crippen molar-refractivity contribution >= 4 is 19.7 Å². The van der Waals surface area contributed by atoms with Crippen molar-refractivity contribution < 1.29 is 0 Å². The van der Waals surface area contributed by atoms with Gasteiger partial charge in [0.1, 0.15) is 0 Å². The maximum atomic E-state index is 2.37. The van der Waals surface area contributed by atoms with Crippen LogP contribution in [0.1, 0.15) is 91.9 Å². The first kappa shape index (κ1) is 23.0. The normalized spacial score (nSPS) is 11.4. The van der Waals surface area contributed by atoms with Crippen LogP contribution in [0.4, 0.5) is 0 Å². The van der Waals surface area contributed by atoms with Crippen molar-refractivity contribution in [2.24, 2.45) is 0 Å². The highest BCUT2D eigenvalue weighted by atomic mass is 35.5. The molecule has 0 saturated heterocycles. The van der Waals surface area contributed by atoms with E-state index < -0.39 is 7.26 Å². The van der Waals surface area contributed by atoms with Crippen LogP contribution in [0.25, 0.3) is 0 Å². The van der Waals surface area contributed by atoms with E-state index in [2.05, 4.69) is 27.7 Å². The summed E-state index contributed by atoms with van der Waals surface area (Å²) in [6.45, 7) is 9.43. The minimum atomic E-state index is -0.586. The number of hydrogen-bond acceptors (Lipinski definition) is 0. The standard InChI is InChI=1S/C18H40P.ClH/c1-5-9-13-14-18-19(15-10-6-2,16-11-7-3)17-12-8-4;/h5-18H2,1-4H3;1H/q+1;. The monoisotopic (exact) mass is 323 g/mol. The summed E-state index contributed by atoms with van der Waals surface area (Å²) in [7, 11) is -0.586. The van der Waals surface area contributed by atoms with E-state index in [-0.39, 0.29) is 12.4 Å². The van der Waals surface area contributed by atoms with Gasteiger partial charge in [0, 0.05) is 7.26 Å². The Morgan fingerprint density at radius 3 is 1.15 bits per heavy atom. The van der Waals surface area contributed by atoms with Crippen molar-refractivity contribution in [3.05, 3.63) is 0 Å². The van der Waals surface area contributed by atoms with E-state index in [0.717, 1.165) is 0 Å². The molecule has 0 atom stereocenters. The van der Waals surface area contributed by atoms with Crippen molar-refractivity contribution in [1.29, 1.82) is 0 Å². The van der Waals surface area contributed by atoms with Gasteiger partial charge in [-0.3, -0.25) is 0 Å². The molecule has 124 valence electrons. The molecule has 0 rings (SSSR count). The Morgan fingerprint density at radius 2 is 0.800 bits per heavy atom. The molecule has 0 radical (unpaired) electrons. The fourth-order valence-corrected chi connectivity index (χ4v) is 8.22. The first-order valence-corrected chi connectivity index (χ1v) is 11.6. The third-order valence-corrected chi connectivity index (χ3v) is 9.50. The van der Waals surface area contributed by atoms with Gasteiger partial charge in [-0.25, -0.2) is 0 Å². The molecular formula is C18H41ClP+. The highest BCUT2D eigenvalue weighted by Gasteiger charge is 2.34. The van der Waals surface area contributed by atoms with Crippen molar-refractivity contribution in [1.82, 2.24) is 0 Å². The summed E-state index contributed by atoms with van der Waals surface area (Å²) in [4.78, 5) is 0. The largest absolute Gasteiger partial charge is 0.147 e. The van der Waals surface area contributed by atoms with Crippen LogP contribution in [0.3, 0.4) is 0 Å². The van der Waals surface area contributed by atoms with Gasteiger partial charge in [-0.2, -0.15) is 0 Å². The Hall–Kier alpha value is 0.720. The summed E-state index contributed by atoms with van der Waals surface area (Å²) in [5.74, 6) is 0. The molecule has 0 aliphatic heterocycles. The van der Waals surface area contributed by atoms with Crippen LogP contribution in [0.15, 0.2) is 0 Å². The third-order valence-electron chi connectivity index (χ3n) is 4.44. The number of unbranched alkanes of at least 4 members (excludes halogenated alkanes) is 6. The molecule has 0 saturated carbocycles. The summed E-state index contributed by atoms with van der Waals surface area (Å²) in [6.07, 6.45) is 21.0. The van der Waals surface area contributed by atoms with Gasteiger partial charge < -0.3 is 0 Å². The molecule has 0 heterocycles. The molecule has 0 fully saturated rings. The van der Waals surface area contributed by atoms with Gasteiger partial charge >= 0.3 is 0 Å². The van der Waals surface area contributed by atoms with Gasteiger partial charge in [0.2, 0.25) is 0 Å². The Labute approximate surface area is 136 Å². The molecule has 0 N–H and O–H groups in total. The van der Waals surface area contributed by atoms with Crippen molar-refractivity contribution in [3.63, 3.8) is 0 Å². The Bertz CT molecular complexity index is 160. The zero-order chi connectivity index (χ0) is 14.4. The molecule has 20 heavy (non-hydrogen) atoms. The SMILES string of the molecule is CCCCCC[P+](CCCC)(CCCC)CCCC.Cl.